The zero-order valence-corrected chi connectivity index (χ0v) is 15.1. The van der Waals surface area contributed by atoms with Crippen LogP contribution in [0.2, 0.25) is 0 Å². The summed E-state index contributed by atoms with van der Waals surface area (Å²) >= 11 is 3.03. The van der Waals surface area contributed by atoms with E-state index in [9.17, 15) is 4.79 Å². The van der Waals surface area contributed by atoms with E-state index in [0.29, 0.717) is 11.4 Å². The summed E-state index contributed by atoms with van der Waals surface area (Å²) in [6, 6.07) is 9.89. The lowest BCUT2D eigenvalue weighted by molar-refractivity contribution is 0.0955. The van der Waals surface area contributed by atoms with E-state index >= 15 is 0 Å². The second-order valence-electron chi connectivity index (χ2n) is 5.39. The lowest BCUT2D eigenvalue weighted by atomic mass is 10.00. The first-order chi connectivity index (χ1) is 11.7. The largest absolute Gasteiger partial charge is 0.496 e. The van der Waals surface area contributed by atoms with Gasteiger partial charge in [-0.15, -0.1) is 11.3 Å². The Hall–Kier alpha value is -2.18. The highest BCUT2D eigenvalue weighted by Gasteiger charge is 2.15. The number of amides is 1. The van der Waals surface area contributed by atoms with Crippen LogP contribution in [0, 0.1) is 0 Å². The number of hydrogen-bond donors (Lipinski definition) is 1. The lowest BCUT2D eigenvalue weighted by Crippen LogP contribution is -2.27. The van der Waals surface area contributed by atoms with E-state index in [-0.39, 0.29) is 11.8 Å². The molecular formula is C18H18N2O2S2. The highest BCUT2D eigenvalue weighted by molar-refractivity contribution is 7.17. The first-order valence-electron chi connectivity index (χ1n) is 7.58. The molecule has 3 aromatic rings. The number of methoxy groups -OCH3 is 1. The van der Waals surface area contributed by atoms with Gasteiger partial charge in [-0.3, -0.25) is 4.79 Å². The second-order valence-corrected chi connectivity index (χ2v) is 7.21. The van der Waals surface area contributed by atoms with Crippen LogP contribution >= 0.6 is 22.7 Å². The molecule has 2 heterocycles. The topological polar surface area (TPSA) is 51.2 Å². The molecule has 1 atom stereocenters. The van der Waals surface area contributed by atoms with E-state index in [1.165, 1.54) is 11.3 Å². The van der Waals surface area contributed by atoms with Crippen LogP contribution in [0.5, 0.6) is 5.75 Å². The van der Waals surface area contributed by atoms with Gasteiger partial charge in [0, 0.05) is 23.4 Å². The van der Waals surface area contributed by atoms with Crippen LogP contribution in [0.3, 0.4) is 0 Å². The first kappa shape index (κ1) is 16.7. The van der Waals surface area contributed by atoms with Crippen molar-refractivity contribution in [1.29, 1.82) is 0 Å². The van der Waals surface area contributed by atoms with Gasteiger partial charge in [0.1, 0.15) is 15.6 Å². The minimum Gasteiger partial charge on any atom is -0.496 e. The van der Waals surface area contributed by atoms with E-state index in [1.54, 1.807) is 24.6 Å². The summed E-state index contributed by atoms with van der Waals surface area (Å²) in [5.41, 5.74) is 2.15. The fourth-order valence-corrected chi connectivity index (χ4v) is 3.96. The number of carbonyl (C=O) groups excluding carboxylic acids is 1. The molecule has 124 valence electrons. The molecule has 1 N–H and O–H groups in total. The maximum atomic E-state index is 12.3. The molecule has 0 saturated heterocycles. The number of ether oxygens (including phenoxy) is 1. The number of hydrogen-bond acceptors (Lipinski definition) is 5. The first-order valence-corrected chi connectivity index (χ1v) is 9.34. The van der Waals surface area contributed by atoms with Gasteiger partial charge in [-0.05, 0) is 23.1 Å². The molecule has 0 radical (unpaired) electrons. The normalized spacial score (nSPS) is 11.9. The second kappa shape index (κ2) is 7.59. The van der Waals surface area contributed by atoms with E-state index in [1.807, 2.05) is 41.1 Å². The molecule has 1 unspecified atom stereocenters. The fraction of sp³-hybridized carbons (Fsp3) is 0.222. The van der Waals surface area contributed by atoms with Crippen molar-refractivity contribution in [3.8, 4) is 16.3 Å². The van der Waals surface area contributed by atoms with E-state index in [0.717, 1.165) is 21.9 Å². The molecule has 0 spiro atoms. The highest BCUT2D eigenvalue weighted by atomic mass is 32.1. The van der Waals surface area contributed by atoms with Gasteiger partial charge in [0.2, 0.25) is 0 Å². The Balaban J connectivity index is 1.63. The number of thiophene rings is 1. The van der Waals surface area contributed by atoms with Gasteiger partial charge in [-0.2, -0.15) is 11.3 Å². The molecule has 0 aliphatic rings. The Labute approximate surface area is 149 Å². The Morgan fingerprint density at radius 3 is 2.92 bits per heavy atom. The average Bonchev–Trinajstić information content (AvgIpc) is 3.30. The van der Waals surface area contributed by atoms with Crippen molar-refractivity contribution in [1.82, 2.24) is 10.3 Å². The van der Waals surface area contributed by atoms with Crippen molar-refractivity contribution < 1.29 is 9.53 Å². The zero-order valence-electron chi connectivity index (χ0n) is 13.5. The fourth-order valence-electron chi connectivity index (χ4n) is 2.42. The molecule has 0 bridgehead atoms. The predicted molar refractivity (Wildman–Crippen MR) is 99.2 cm³/mol. The smallest absolute Gasteiger partial charge is 0.263 e. The van der Waals surface area contributed by atoms with E-state index in [2.05, 4.69) is 17.2 Å². The van der Waals surface area contributed by atoms with E-state index in [4.69, 9.17) is 4.74 Å². The summed E-state index contributed by atoms with van der Waals surface area (Å²) in [6.45, 7) is 2.62. The summed E-state index contributed by atoms with van der Waals surface area (Å²) in [5, 5.41) is 7.90. The number of nitrogens with one attached hydrogen (secondary N) is 1. The minimum atomic E-state index is -0.0873. The quantitative estimate of drug-likeness (QED) is 0.710. The molecule has 0 aliphatic heterocycles. The van der Waals surface area contributed by atoms with Crippen molar-refractivity contribution >= 4 is 28.6 Å². The van der Waals surface area contributed by atoms with Gasteiger partial charge in [0.05, 0.1) is 13.3 Å². The predicted octanol–water partition coefficient (Wildman–Crippen LogP) is 4.41. The molecule has 1 aromatic carbocycles. The van der Waals surface area contributed by atoms with Crippen LogP contribution in [0.1, 0.15) is 28.1 Å². The Morgan fingerprint density at radius 1 is 1.33 bits per heavy atom. The van der Waals surface area contributed by atoms with Gasteiger partial charge in [-0.25, -0.2) is 4.98 Å². The summed E-state index contributed by atoms with van der Waals surface area (Å²) < 4.78 is 5.38. The molecule has 24 heavy (non-hydrogen) atoms. The van der Waals surface area contributed by atoms with Crippen molar-refractivity contribution in [2.75, 3.05) is 13.7 Å². The molecule has 2 aromatic heterocycles. The molecule has 4 nitrogen and oxygen atoms in total. The molecule has 0 saturated carbocycles. The summed E-state index contributed by atoms with van der Waals surface area (Å²) in [4.78, 5) is 17.3. The van der Waals surface area contributed by atoms with Gasteiger partial charge in [0.25, 0.3) is 5.91 Å². The third-order valence-electron chi connectivity index (χ3n) is 3.74. The van der Waals surface area contributed by atoms with E-state index < -0.39 is 0 Å². The average molecular weight is 358 g/mol. The molecule has 6 heteroatoms. The summed E-state index contributed by atoms with van der Waals surface area (Å²) in [5.74, 6) is 0.918. The minimum absolute atomic E-state index is 0.0873. The van der Waals surface area contributed by atoms with Crippen molar-refractivity contribution in [2.24, 2.45) is 0 Å². The van der Waals surface area contributed by atoms with Crippen LogP contribution in [-0.2, 0) is 0 Å². The zero-order chi connectivity index (χ0) is 16.9. The van der Waals surface area contributed by atoms with Crippen molar-refractivity contribution in [3.63, 3.8) is 0 Å². The van der Waals surface area contributed by atoms with Gasteiger partial charge in [0.15, 0.2) is 0 Å². The Kier molecular flexibility index (Phi) is 5.27. The molecule has 1 amide bonds. The third-order valence-corrected chi connectivity index (χ3v) is 5.46. The number of carbonyl (C=O) groups is 1. The Morgan fingerprint density at radius 2 is 2.17 bits per heavy atom. The standard InChI is InChI=1S/C18H18N2O2S2/c1-12(14-5-3-4-6-15(14)22-2)9-19-17(21)16-10-20-18(24-16)13-7-8-23-11-13/h3-8,10-12H,9H2,1-2H3,(H,19,21). The summed E-state index contributed by atoms with van der Waals surface area (Å²) in [6.07, 6.45) is 1.64. The molecule has 0 aliphatic carbocycles. The van der Waals surface area contributed by atoms with Crippen LogP contribution in [-0.4, -0.2) is 24.5 Å². The maximum absolute atomic E-state index is 12.3. The number of thiazole rings is 1. The van der Waals surface area contributed by atoms with Crippen molar-refractivity contribution in [3.05, 3.63) is 57.7 Å². The van der Waals surface area contributed by atoms with Crippen molar-refractivity contribution in [2.45, 2.75) is 12.8 Å². The monoisotopic (exact) mass is 358 g/mol. The molecular weight excluding hydrogens is 340 g/mol. The lowest BCUT2D eigenvalue weighted by Gasteiger charge is -2.15. The maximum Gasteiger partial charge on any atom is 0.263 e. The Bertz CT molecular complexity index is 812. The molecule has 0 fully saturated rings. The summed E-state index contributed by atoms with van der Waals surface area (Å²) in [7, 11) is 1.66. The number of rotatable bonds is 6. The highest BCUT2D eigenvalue weighted by Crippen LogP contribution is 2.28. The third kappa shape index (κ3) is 3.66. The number of aromatic nitrogens is 1. The number of para-hydroxylation sites is 1. The SMILES string of the molecule is COc1ccccc1C(C)CNC(=O)c1cnc(-c2ccsc2)s1. The van der Waals surface area contributed by atoms with Crippen LogP contribution in [0.15, 0.2) is 47.3 Å². The van der Waals surface area contributed by atoms with Crippen LogP contribution in [0.4, 0.5) is 0 Å². The molecule has 3 rings (SSSR count). The van der Waals surface area contributed by atoms with Crippen LogP contribution in [0.25, 0.3) is 10.6 Å². The van der Waals surface area contributed by atoms with Gasteiger partial charge >= 0.3 is 0 Å². The van der Waals surface area contributed by atoms with Gasteiger partial charge in [-0.1, -0.05) is 25.1 Å². The van der Waals surface area contributed by atoms with Crippen LogP contribution < -0.4 is 10.1 Å². The number of benzene rings is 1. The van der Waals surface area contributed by atoms with Gasteiger partial charge < -0.3 is 10.1 Å². The number of nitrogens with zero attached hydrogens (tertiary/aromatic N) is 1.